The summed E-state index contributed by atoms with van der Waals surface area (Å²) in [5.74, 6) is -0.184. The second-order valence-corrected chi connectivity index (χ2v) is 6.24. The maximum atomic E-state index is 12.3. The van der Waals surface area contributed by atoms with E-state index in [0.717, 1.165) is 19.3 Å². The quantitative estimate of drug-likeness (QED) is 0.749. The Balaban J connectivity index is 2.44. The number of nitrogens with two attached hydrogens (primary N) is 2. The second-order valence-electron chi connectivity index (χ2n) is 6.24. The molecule has 0 radical (unpaired) electrons. The Hall–Kier alpha value is -1.10. The summed E-state index contributed by atoms with van der Waals surface area (Å²) in [4.78, 5) is 25.4. The number of hydrogen-bond acceptors (Lipinski definition) is 3. The van der Waals surface area contributed by atoms with E-state index in [1.54, 1.807) is 4.90 Å². The van der Waals surface area contributed by atoms with Crippen LogP contribution in [0.15, 0.2) is 0 Å². The molecule has 0 saturated carbocycles. The van der Waals surface area contributed by atoms with Crippen LogP contribution in [-0.2, 0) is 9.59 Å². The van der Waals surface area contributed by atoms with E-state index in [4.69, 9.17) is 11.5 Å². The molecule has 0 aliphatic carbocycles. The molecular formula is C14H27N3O2. The number of primary amides is 1. The Kier molecular flexibility index (Phi) is 5.35. The highest BCUT2D eigenvalue weighted by Gasteiger charge is 2.41. The van der Waals surface area contributed by atoms with Crippen LogP contribution in [0.2, 0.25) is 0 Å². The highest BCUT2D eigenvalue weighted by atomic mass is 16.2. The van der Waals surface area contributed by atoms with E-state index in [1.807, 2.05) is 20.8 Å². The van der Waals surface area contributed by atoms with Gasteiger partial charge in [0.2, 0.25) is 11.8 Å². The van der Waals surface area contributed by atoms with Gasteiger partial charge in [-0.1, -0.05) is 13.3 Å². The Bertz CT molecular complexity index is 344. The van der Waals surface area contributed by atoms with Crippen LogP contribution >= 0.6 is 0 Å². The normalized spacial score (nSPS) is 26.2. The van der Waals surface area contributed by atoms with Crippen LogP contribution in [0.4, 0.5) is 0 Å². The Morgan fingerprint density at radius 2 is 1.95 bits per heavy atom. The minimum atomic E-state index is -0.554. The fourth-order valence-corrected chi connectivity index (χ4v) is 2.53. The van der Waals surface area contributed by atoms with Gasteiger partial charge in [-0.3, -0.25) is 9.59 Å². The first-order chi connectivity index (χ1) is 8.76. The van der Waals surface area contributed by atoms with E-state index in [0.29, 0.717) is 19.5 Å². The summed E-state index contributed by atoms with van der Waals surface area (Å²) in [6, 6.07) is 0.187. The Labute approximate surface area is 115 Å². The van der Waals surface area contributed by atoms with E-state index in [9.17, 15) is 9.59 Å². The third kappa shape index (κ3) is 4.20. The van der Waals surface area contributed by atoms with Crippen LogP contribution < -0.4 is 11.5 Å². The van der Waals surface area contributed by atoms with Gasteiger partial charge < -0.3 is 16.4 Å². The molecule has 2 amide bonds. The highest BCUT2D eigenvalue weighted by molar-refractivity contribution is 5.84. The molecule has 110 valence electrons. The van der Waals surface area contributed by atoms with Crippen molar-refractivity contribution in [3.05, 3.63) is 0 Å². The van der Waals surface area contributed by atoms with Gasteiger partial charge >= 0.3 is 0 Å². The van der Waals surface area contributed by atoms with Crippen LogP contribution in [0.1, 0.15) is 46.5 Å². The highest BCUT2D eigenvalue weighted by Crippen LogP contribution is 2.30. The SMILES string of the molecule is CC(N)CCCC(C)C(=O)N1CCC(C)(C(N)=O)C1. The predicted octanol–water partition coefficient (Wildman–Crippen LogP) is 0.864. The van der Waals surface area contributed by atoms with Crippen molar-refractivity contribution in [3.63, 3.8) is 0 Å². The minimum Gasteiger partial charge on any atom is -0.369 e. The third-order valence-electron chi connectivity index (χ3n) is 4.10. The number of carbonyl (C=O) groups excluding carboxylic acids is 2. The summed E-state index contributed by atoms with van der Waals surface area (Å²) in [7, 11) is 0. The molecule has 5 heteroatoms. The molecule has 3 unspecified atom stereocenters. The molecule has 0 aromatic carbocycles. The zero-order valence-corrected chi connectivity index (χ0v) is 12.3. The maximum absolute atomic E-state index is 12.3. The van der Waals surface area contributed by atoms with Gasteiger partial charge in [-0.15, -0.1) is 0 Å². The van der Waals surface area contributed by atoms with Gasteiger partial charge in [-0.2, -0.15) is 0 Å². The monoisotopic (exact) mass is 269 g/mol. The van der Waals surface area contributed by atoms with Crippen molar-refractivity contribution in [2.24, 2.45) is 22.8 Å². The van der Waals surface area contributed by atoms with Crippen molar-refractivity contribution in [1.82, 2.24) is 4.90 Å². The fraction of sp³-hybridized carbons (Fsp3) is 0.857. The molecule has 3 atom stereocenters. The summed E-state index contributed by atoms with van der Waals surface area (Å²) >= 11 is 0. The lowest BCUT2D eigenvalue weighted by atomic mass is 9.89. The largest absolute Gasteiger partial charge is 0.369 e. The number of rotatable bonds is 6. The van der Waals surface area contributed by atoms with Gasteiger partial charge in [0, 0.05) is 25.0 Å². The van der Waals surface area contributed by atoms with Crippen molar-refractivity contribution in [1.29, 1.82) is 0 Å². The molecule has 0 aromatic rings. The van der Waals surface area contributed by atoms with E-state index in [-0.39, 0.29) is 23.8 Å². The standard InChI is InChI=1S/C14H27N3O2/c1-10(5-4-6-11(2)15)12(18)17-8-7-14(3,9-17)13(16)19/h10-11H,4-9,15H2,1-3H3,(H2,16,19). The number of carbonyl (C=O) groups is 2. The van der Waals surface area contributed by atoms with Gasteiger partial charge in [0.25, 0.3) is 0 Å². The summed E-state index contributed by atoms with van der Waals surface area (Å²) < 4.78 is 0. The molecule has 0 bridgehead atoms. The van der Waals surface area contributed by atoms with Crippen molar-refractivity contribution >= 4 is 11.8 Å². The van der Waals surface area contributed by atoms with Crippen LogP contribution in [0.25, 0.3) is 0 Å². The van der Waals surface area contributed by atoms with Gasteiger partial charge in [-0.05, 0) is 33.1 Å². The first-order valence-corrected chi connectivity index (χ1v) is 7.10. The lowest BCUT2D eigenvalue weighted by Gasteiger charge is -2.23. The van der Waals surface area contributed by atoms with Crippen LogP contribution in [-0.4, -0.2) is 35.8 Å². The molecule has 1 heterocycles. The number of amides is 2. The predicted molar refractivity (Wildman–Crippen MR) is 75.2 cm³/mol. The van der Waals surface area contributed by atoms with Crippen LogP contribution in [0, 0.1) is 11.3 Å². The van der Waals surface area contributed by atoms with Gasteiger partial charge in [0.15, 0.2) is 0 Å². The molecule has 5 nitrogen and oxygen atoms in total. The molecule has 1 saturated heterocycles. The van der Waals surface area contributed by atoms with Crippen molar-refractivity contribution < 1.29 is 9.59 Å². The second kappa shape index (κ2) is 6.37. The molecular weight excluding hydrogens is 242 g/mol. The fourth-order valence-electron chi connectivity index (χ4n) is 2.53. The average Bonchev–Trinajstić information content (AvgIpc) is 2.71. The lowest BCUT2D eigenvalue weighted by molar-refractivity contribution is -0.135. The third-order valence-corrected chi connectivity index (χ3v) is 4.10. The van der Waals surface area contributed by atoms with Crippen LogP contribution in [0.3, 0.4) is 0 Å². The van der Waals surface area contributed by atoms with Gasteiger partial charge in [-0.25, -0.2) is 0 Å². The van der Waals surface area contributed by atoms with E-state index >= 15 is 0 Å². The first-order valence-electron chi connectivity index (χ1n) is 7.10. The van der Waals surface area contributed by atoms with Crippen LogP contribution in [0.5, 0.6) is 0 Å². The average molecular weight is 269 g/mol. The number of likely N-dealkylation sites (tertiary alicyclic amines) is 1. The minimum absolute atomic E-state index is 0.00558. The van der Waals surface area contributed by atoms with Gasteiger partial charge in [0.05, 0.1) is 5.41 Å². The summed E-state index contributed by atoms with van der Waals surface area (Å²) in [6.45, 7) is 6.85. The van der Waals surface area contributed by atoms with E-state index < -0.39 is 5.41 Å². The molecule has 1 fully saturated rings. The molecule has 4 N–H and O–H groups in total. The first kappa shape index (κ1) is 16.0. The van der Waals surface area contributed by atoms with E-state index in [2.05, 4.69) is 0 Å². The van der Waals surface area contributed by atoms with Crippen molar-refractivity contribution in [2.45, 2.75) is 52.5 Å². The summed E-state index contributed by atoms with van der Waals surface area (Å²) in [5.41, 5.74) is 10.5. The maximum Gasteiger partial charge on any atom is 0.225 e. The topological polar surface area (TPSA) is 89.4 Å². The zero-order chi connectivity index (χ0) is 14.6. The number of hydrogen-bond donors (Lipinski definition) is 2. The molecule has 1 rings (SSSR count). The summed E-state index contributed by atoms with van der Waals surface area (Å²) in [6.07, 6.45) is 3.42. The van der Waals surface area contributed by atoms with E-state index in [1.165, 1.54) is 0 Å². The molecule has 0 spiro atoms. The number of nitrogens with zero attached hydrogens (tertiary/aromatic N) is 1. The zero-order valence-electron chi connectivity index (χ0n) is 12.3. The summed E-state index contributed by atoms with van der Waals surface area (Å²) in [5, 5.41) is 0. The van der Waals surface area contributed by atoms with Crippen molar-refractivity contribution in [2.75, 3.05) is 13.1 Å². The smallest absolute Gasteiger partial charge is 0.225 e. The van der Waals surface area contributed by atoms with Gasteiger partial charge in [0.1, 0.15) is 0 Å². The Morgan fingerprint density at radius 3 is 2.42 bits per heavy atom. The molecule has 19 heavy (non-hydrogen) atoms. The lowest BCUT2D eigenvalue weighted by Crippen LogP contribution is -2.40. The molecule has 1 aliphatic rings. The van der Waals surface area contributed by atoms with Crippen molar-refractivity contribution in [3.8, 4) is 0 Å². The molecule has 1 aliphatic heterocycles. The molecule has 0 aromatic heterocycles. The Morgan fingerprint density at radius 1 is 1.32 bits per heavy atom.